The van der Waals surface area contributed by atoms with Gasteiger partial charge in [-0.2, -0.15) is 5.10 Å². The van der Waals surface area contributed by atoms with Gasteiger partial charge < -0.3 is 10.0 Å². The summed E-state index contributed by atoms with van der Waals surface area (Å²) < 4.78 is 1.67. The van der Waals surface area contributed by atoms with Crippen molar-refractivity contribution in [3.8, 4) is 0 Å². The minimum Gasteiger partial charge on any atom is -0.481 e. The quantitative estimate of drug-likeness (QED) is 0.723. The van der Waals surface area contributed by atoms with Gasteiger partial charge in [-0.05, 0) is 30.0 Å². The molecule has 1 aliphatic rings. The zero-order chi connectivity index (χ0) is 20.3. The summed E-state index contributed by atoms with van der Waals surface area (Å²) in [7, 11) is 0. The second-order valence-electron chi connectivity index (χ2n) is 7.30. The number of hydrogen-bond donors (Lipinski definition) is 1. The van der Waals surface area contributed by atoms with E-state index in [1.807, 2.05) is 54.6 Å². The first kappa shape index (κ1) is 18.9. The van der Waals surface area contributed by atoms with Crippen LogP contribution in [-0.4, -0.2) is 49.7 Å². The van der Waals surface area contributed by atoms with E-state index < -0.39 is 11.4 Å². The third-order valence-electron chi connectivity index (χ3n) is 5.69. The van der Waals surface area contributed by atoms with E-state index in [1.54, 1.807) is 15.9 Å². The average Bonchev–Trinajstić information content (AvgIpc) is 3.27. The number of hydrogen-bond acceptors (Lipinski definition) is 4. The number of amides is 1. The van der Waals surface area contributed by atoms with Crippen LogP contribution in [0.15, 0.2) is 67.3 Å². The van der Waals surface area contributed by atoms with Gasteiger partial charge in [0, 0.05) is 18.7 Å². The van der Waals surface area contributed by atoms with Gasteiger partial charge in [0.2, 0.25) is 0 Å². The van der Waals surface area contributed by atoms with Crippen molar-refractivity contribution in [2.45, 2.75) is 24.8 Å². The highest BCUT2D eigenvalue weighted by atomic mass is 16.4. The zero-order valence-corrected chi connectivity index (χ0v) is 15.9. The van der Waals surface area contributed by atoms with Gasteiger partial charge in [-0.1, -0.05) is 48.5 Å². The molecule has 0 bridgehead atoms. The van der Waals surface area contributed by atoms with E-state index >= 15 is 0 Å². The van der Waals surface area contributed by atoms with Crippen LogP contribution in [0, 0.1) is 0 Å². The molecule has 1 aliphatic heterocycles. The Kier molecular flexibility index (Phi) is 5.12. The first-order valence-corrected chi connectivity index (χ1v) is 9.59. The molecule has 0 unspecified atom stereocenters. The van der Waals surface area contributed by atoms with Crippen LogP contribution in [0.2, 0.25) is 0 Å². The van der Waals surface area contributed by atoms with Gasteiger partial charge >= 0.3 is 5.97 Å². The smallest absolute Gasteiger partial charge is 0.314 e. The number of rotatable bonds is 5. The maximum Gasteiger partial charge on any atom is 0.314 e. The molecule has 1 amide bonds. The summed E-state index contributed by atoms with van der Waals surface area (Å²) in [4.78, 5) is 31.0. The van der Waals surface area contributed by atoms with E-state index in [0.29, 0.717) is 38.0 Å². The van der Waals surface area contributed by atoms with Crippen LogP contribution in [0.25, 0.3) is 0 Å². The van der Waals surface area contributed by atoms with Crippen LogP contribution >= 0.6 is 0 Å². The fourth-order valence-electron chi connectivity index (χ4n) is 4.00. The Bertz CT molecular complexity index is 994. The first-order chi connectivity index (χ1) is 14.1. The molecule has 7 nitrogen and oxygen atoms in total. The van der Waals surface area contributed by atoms with Crippen molar-refractivity contribution in [3.05, 3.63) is 83.9 Å². The van der Waals surface area contributed by atoms with Gasteiger partial charge in [-0.3, -0.25) is 9.59 Å². The monoisotopic (exact) mass is 390 g/mol. The van der Waals surface area contributed by atoms with Crippen LogP contribution in [0.1, 0.15) is 34.3 Å². The molecule has 1 aromatic heterocycles. The molecule has 0 aliphatic carbocycles. The fraction of sp³-hybridized carbons (Fsp3) is 0.273. The Morgan fingerprint density at radius 3 is 2.34 bits per heavy atom. The molecule has 0 spiro atoms. The number of nitrogens with zero attached hydrogens (tertiary/aromatic N) is 4. The molecule has 148 valence electrons. The van der Waals surface area contributed by atoms with Crippen molar-refractivity contribution in [3.63, 3.8) is 0 Å². The molecular formula is C22H22N4O3. The van der Waals surface area contributed by atoms with Gasteiger partial charge in [0.1, 0.15) is 12.7 Å². The maximum atomic E-state index is 13.2. The van der Waals surface area contributed by atoms with Crippen molar-refractivity contribution < 1.29 is 14.7 Å². The number of piperidine rings is 1. The molecule has 3 aromatic rings. The van der Waals surface area contributed by atoms with Crippen LogP contribution in [0.5, 0.6) is 0 Å². The van der Waals surface area contributed by atoms with Gasteiger partial charge in [0.15, 0.2) is 0 Å². The van der Waals surface area contributed by atoms with Gasteiger partial charge in [-0.25, -0.2) is 9.67 Å². The van der Waals surface area contributed by atoms with Crippen molar-refractivity contribution in [2.75, 3.05) is 13.1 Å². The minimum absolute atomic E-state index is 0.0761. The molecule has 2 aromatic carbocycles. The third kappa shape index (κ3) is 3.63. The lowest BCUT2D eigenvalue weighted by atomic mass is 9.72. The predicted octanol–water partition coefficient (Wildman–Crippen LogP) is 2.59. The predicted molar refractivity (Wildman–Crippen MR) is 106 cm³/mol. The molecule has 0 radical (unpaired) electrons. The maximum absolute atomic E-state index is 13.2. The number of carboxylic acids is 1. The van der Waals surface area contributed by atoms with Crippen molar-refractivity contribution in [1.29, 1.82) is 0 Å². The van der Waals surface area contributed by atoms with E-state index in [2.05, 4.69) is 10.1 Å². The summed E-state index contributed by atoms with van der Waals surface area (Å²) in [5.41, 5.74) is 1.33. The van der Waals surface area contributed by atoms with Crippen LogP contribution in [-0.2, 0) is 16.8 Å². The van der Waals surface area contributed by atoms with Crippen LogP contribution in [0.3, 0.4) is 0 Å². The molecule has 2 heterocycles. The normalized spacial score (nSPS) is 15.8. The van der Waals surface area contributed by atoms with Crippen molar-refractivity contribution in [1.82, 2.24) is 19.7 Å². The van der Waals surface area contributed by atoms with E-state index in [0.717, 1.165) is 11.1 Å². The van der Waals surface area contributed by atoms with Crippen molar-refractivity contribution >= 4 is 11.9 Å². The number of aliphatic carboxylic acids is 1. The molecule has 1 N–H and O–H groups in total. The summed E-state index contributed by atoms with van der Waals surface area (Å²) in [5, 5.41) is 14.1. The molecule has 29 heavy (non-hydrogen) atoms. The molecule has 1 saturated heterocycles. The highest BCUT2D eigenvalue weighted by Crippen LogP contribution is 2.36. The lowest BCUT2D eigenvalue weighted by molar-refractivity contribution is -0.145. The second kappa shape index (κ2) is 7.87. The average molecular weight is 390 g/mol. The van der Waals surface area contributed by atoms with Gasteiger partial charge in [0.25, 0.3) is 5.91 Å². The van der Waals surface area contributed by atoms with Crippen molar-refractivity contribution in [2.24, 2.45) is 0 Å². The Labute approximate surface area is 168 Å². The molecular weight excluding hydrogens is 368 g/mol. The van der Waals surface area contributed by atoms with E-state index in [4.69, 9.17) is 0 Å². The summed E-state index contributed by atoms with van der Waals surface area (Å²) in [6.07, 6.45) is 3.86. The zero-order valence-electron chi connectivity index (χ0n) is 15.9. The Morgan fingerprint density at radius 1 is 1.00 bits per heavy atom. The lowest BCUT2D eigenvalue weighted by Gasteiger charge is -2.39. The number of carbonyl (C=O) groups excluding carboxylic acids is 1. The van der Waals surface area contributed by atoms with E-state index in [9.17, 15) is 14.7 Å². The number of benzene rings is 2. The summed E-state index contributed by atoms with van der Waals surface area (Å²) in [5.74, 6) is -0.907. The molecule has 1 fully saturated rings. The second-order valence-corrected chi connectivity index (χ2v) is 7.30. The molecule has 4 rings (SSSR count). The molecule has 0 atom stereocenters. The minimum atomic E-state index is -0.946. The Hall–Kier alpha value is -3.48. The summed E-state index contributed by atoms with van der Waals surface area (Å²) in [6.45, 7) is 1.26. The molecule has 0 saturated carbocycles. The highest BCUT2D eigenvalue weighted by Gasteiger charge is 2.44. The Balaban J connectivity index is 1.53. The van der Waals surface area contributed by atoms with Gasteiger partial charge in [0.05, 0.1) is 12.0 Å². The number of carbonyl (C=O) groups is 2. The lowest BCUT2D eigenvalue weighted by Crippen LogP contribution is -2.49. The summed E-state index contributed by atoms with van der Waals surface area (Å²) >= 11 is 0. The Morgan fingerprint density at radius 2 is 1.69 bits per heavy atom. The SMILES string of the molecule is O=C(c1ccccc1Cn1cncn1)N1CCC(C(=O)O)(c2ccccc2)CC1. The van der Waals surface area contributed by atoms with Gasteiger partial charge in [-0.15, -0.1) is 0 Å². The van der Waals surface area contributed by atoms with Crippen LogP contribution in [0.4, 0.5) is 0 Å². The molecule has 7 heteroatoms. The first-order valence-electron chi connectivity index (χ1n) is 9.59. The topological polar surface area (TPSA) is 88.3 Å². The number of aromatic nitrogens is 3. The highest BCUT2D eigenvalue weighted by molar-refractivity contribution is 5.96. The van der Waals surface area contributed by atoms with E-state index in [-0.39, 0.29) is 5.91 Å². The number of carboxylic acid groups (broad SMARTS) is 1. The number of likely N-dealkylation sites (tertiary alicyclic amines) is 1. The summed E-state index contributed by atoms with van der Waals surface area (Å²) in [6, 6.07) is 16.8. The van der Waals surface area contributed by atoms with Crippen LogP contribution < -0.4 is 0 Å². The van der Waals surface area contributed by atoms with E-state index in [1.165, 1.54) is 6.33 Å². The largest absolute Gasteiger partial charge is 0.481 e. The third-order valence-corrected chi connectivity index (χ3v) is 5.69. The standard InChI is InChI=1S/C22H22N4O3/c27-20(19-9-5-4-6-17(19)14-26-16-23-15-24-26)25-12-10-22(11-13-25,21(28)29)18-7-2-1-3-8-18/h1-9,15-16H,10-14H2,(H,28,29). The fourth-order valence-corrected chi connectivity index (χ4v) is 4.00.